The Bertz CT molecular complexity index is 495. The SMILES string of the molecule is CCCOc1ccccc1C(=O)N[C@@H]1CN2CCC1CC2. The topological polar surface area (TPSA) is 41.6 Å². The second-order valence-electron chi connectivity index (χ2n) is 6.06. The maximum absolute atomic E-state index is 12.6. The molecule has 0 radical (unpaired) electrons. The third-order valence-electron chi connectivity index (χ3n) is 4.57. The molecule has 0 saturated carbocycles. The summed E-state index contributed by atoms with van der Waals surface area (Å²) in [6.07, 6.45) is 3.35. The van der Waals surface area contributed by atoms with Crippen molar-refractivity contribution in [3.05, 3.63) is 29.8 Å². The van der Waals surface area contributed by atoms with Crippen LogP contribution in [0.4, 0.5) is 0 Å². The highest BCUT2D eigenvalue weighted by atomic mass is 16.5. The van der Waals surface area contributed by atoms with E-state index in [4.69, 9.17) is 4.74 Å². The van der Waals surface area contributed by atoms with Gasteiger partial charge in [0, 0.05) is 12.6 Å². The summed E-state index contributed by atoms with van der Waals surface area (Å²) >= 11 is 0. The van der Waals surface area contributed by atoms with Crippen molar-refractivity contribution in [3.8, 4) is 5.75 Å². The van der Waals surface area contributed by atoms with Crippen LogP contribution in [0.15, 0.2) is 24.3 Å². The average Bonchev–Trinajstić information content (AvgIpc) is 2.54. The number of hydrogen-bond acceptors (Lipinski definition) is 3. The van der Waals surface area contributed by atoms with E-state index in [0.29, 0.717) is 29.9 Å². The summed E-state index contributed by atoms with van der Waals surface area (Å²) in [6, 6.07) is 7.82. The zero-order chi connectivity index (χ0) is 14.7. The van der Waals surface area contributed by atoms with Crippen LogP contribution in [-0.4, -0.2) is 43.1 Å². The number of nitrogens with one attached hydrogen (secondary N) is 1. The fourth-order valence-corrected chi connectivity index (χ4v) is 3.37. The molecule has 2 bridgehead atoms. The van der Waals surface area contributed by atoms with Gasteiger partial charge in [-0.3, -0.25) is 4.79 Å². The van der Waals surface area contributed by atoms with Crippen molar-refractivity contribution in [2.45, 2.75) is 32.2 Å². The molecular formula is C17H24N2O2. The van der Waals surface area contributed by atoms with Crippen molar-refractivity contribution >= 4 is 5.91 Å². The van der Waals surface area contributed by atoms with Crippen molar-refractivity contribution < 1.29 is 9.53 Å². The number of fused-ring (bicyclic) bond motifs is 3. The normalized spacial score (nSPS) is 27.4. The van der Waals surface area contributed by atoms with E-state index < -0.39 is 0 Å². The number of ether oxygens (including phenoxy) is 1. The van der Waals surface area contributed by atoms with Gasteiger partial charge in [0.15, 0.2) is 0 Å². The fraction of sp³-hybridized carbons (Fsp3) is 0.588. The third-order valence-corrected chi connectivity index (χ3v) is 4.57. The van der Waals surface area contributed by atoms with Gasteiger partial charge in [0.05, 0.1) is 12.2 Å². The van der Waals surface area contributed by atoms with Crippen LogP contribution in [-0.2, 0) is 0 Å². The minimum absolute atomic E-state index is 0.000420. The molecule has 1 N–H and O–H groups in total. The maximum atomic E-state index is 12.6. The molecule has 3 aliphatic heterocycles. The Balaban J connectivity index is 1.68. The molecule has 0 aliphatic carbocycles. The lowest BCUT2D eigenvalue weighted by atomic mass is 9.84. The molecule has 1 aromatic rings. The first-order valence-electron chi connectivity index (χ1n) is 8.03. The van der Waals surface area contributed by atoms with Crippen molar-refractivity contribution in [3.63, 3.8) is 0 Å². The molecule has 1 amide bonds. The maximum Gasteiger partial charge on any atom is 0.255 e. The summed E-state index contributed by atoms with van der Waals surface area (Å²) < 4.78 is 5.69. The standard InChI is InChI=1S/C17H24N2O2/c1-2-11-21-16-6-4-3-5-14(16)17(20)18-15-12-19-9-7-13(15)8-10-19/h3-6,13,15H,2,7-12H2,1H3,(H,18,20)/t15-/m1/s1. The van der Waals surface area contributed by atoms with Gasteiger partial charge < -0.3 is 15.0 Å². The molecule has 0 spiro atoms. The Morgan fingerprint density at radius 3 is 2.76 bits per heavy atom. The molecule has 3 saturated heterocycles. The van der Waals surface area contributed by atoms with Crippen LogP contribution in [0.25, 0.3) is 0 Å². The smallest absolute Gasteiger partial charge is 0.255 e. The van der Waals surface area contributed by atoms with Crippen LogP contribution < -0.4 is 10.1 Å². The van der Waals surface area contributed by atoms with E-state index in [2.05, 4.69) is 17.1 Å². The lowest BCUT2D eigenvalue weighted by molar-refractivity contribution is 0.0618. The second-order valence-corrected chi connectivity index (χ2v) is 6.06. The summed E-state index contributed by atoms with van der Waals surface area (Å²) in [4.78, 5) is 15.0. The molecule has 3 fully saturated rings. The highest BCUT2D eigenvalue weighted by molar-refractivity contribution is 5.97. The number of hydrogen-bond donors (Lipinski definition) is 1. The molecule has 3 aliphatic rings. The monoisotopic (exact) mass is 288 g/mol. The number of carbonyl (C=O) groups is 1. The first-order chi connectivity index (χ1) is 10.3. The van der Waals surface area contributed by atoms with E-state index >= 15 is 0 Å². The summed E-state index contributed by atoms with van der Waals surface area (Å²) in [5.41, 5.74) is 0.655. The first kappa shape index (κ1) is 14.4. The average molecular weight is 288 g/mol. The molecule has 1 atom stereocenters. The van der Waals surface area contributed by atoms with Crippen LogP contribution in [0, 0.1) is 5.92 Å². The van der Waals surface area contributed by atoms with Crippen molar-refractivity contribution in [2.24, 2.45) is 5.92 Å². The lowest BCUT2D eigenvalue weighted by Crippen LogP contribution is -2.57. The van der Waals surface area contributed by atoms with Gasteiger partial charge in [0.2, 0.25) is 0 Å². The van der Waals surface area contributed by atoms with Crippen LogP contribution in [0.2, 0.25) is 0 Å². The Morgan fingerprint density at radius 1 is 1.33 bits per heavy atom. The van der Waals surface area contributed by atoms with Crippen LogP contribution >= 0.6 is 0 Å². The molecule has 1 aromatic carbocycles. The van der Waals surface area contributed by atoms with Gasteiger partial charge in [-0.05, 0) is 50.4 Å². The quantitative estimate of drug-likeness (QED) is 0.904. The molecule has 0 aromatic heterocycles. The summed E-state index contributed by atoms with van der Waals surface area (Å²) in [7, 11) is 0. The summed E-state index contributed by atoms with van der Waals surface area (Å²) in [5.74, 6) is 1.33. The van der Waals surface area contributed by atoms with E-state index in [1.807, 2.05) is 24.3 Å². The molecule has 21 heavy (non-hydrogen) atoms. The van der Waals surface area contributed by atoms with Gasteiger partial charge in [-0.25, -0.2) is 0 Å². The number of nitrogens with zero attached hydrogens (tertiary/aromatic N) is 1. The molecular weight excluding hydrogens is 264 g/mol. The van der Waals surface area contributed by atoms with Gasteiger partial charge in [0.1, 0.15) is 5.75 Å². The first-order valence-corrected chi connectivity index (χ1v) is 8.03. The third kappa shape index (κ3) is 3.21. The van der Waals surface area contributed by atoms with E-state index in [9.17, 15) is 4.79 Å². The van der Waals surface area contributed by atoms with Gasteiger partial charge in [-0.15, -0.1) is 0 Å². The van der Waals surface area contributed by atoms with Gasteiger partial charge >= 0.3 is 0 Å². The summed E-state index contributed by atoms with van der Waals surface area (Å²) in [5, 5.41) is 3.22. The largest absolute Gasteiger partial charge is 0.493 e. The predicted molar refractivity (Wildman–Crippen MR) is 82.6 cm³/mol. The second kappa shape index (κ2) is 6.48. The van der Waals surface area contributed by atoms with Crippen LogP contribution in [0.1, 0.15) is 36.5 Å². The Kier molecular flexibility index (Phi) is 4.44. The molecule has 0 unspecified atom stereocenters. The van der Waals surface area contributed by atoms with E-state index in [1.165, 1.54) is 25.9 Å². The Morgan fingerprint density at radius 2 is 2.10 bits per heavy atom. The molecule has 4 heteroatoms. The number of rotatable bonds is 5. The number of para-hydroxylation sites is 1. The number of amides is 1. The van der Waals surface area contributed by atoms with Gasteiger partial charge in [-0.2, -0.15) is 0 Å². The number of carbonyl (C=O) groups excluding carboxylic acids is 1. The van der Waals surface area contributed by atoms with E-state index in [1.54, 1.807) is 0 Å². The minimum Gasteiger partial charge on any atom is -0.493 e. The zero-order valence-corrected chi connectivity index (χ0v) is 12.7. The molecule has 4 rings (SSSR count). The van der Waals surface area contributed by atoms with E-state index in [-0.39, 0.29) is 5.91 Å². The Hall–Kier alpha value is -1.55. The van der Waals surface area contributed by atoms with Crippen molar-refractivity contribution in [2.75, 3.05) is 26.2 Å². The Labute approximate surface area is 126 Å². The van der Waals surface area contributed by atoms with Crippen LogP contribution in [0.5, 0.6) is 5.75 Å². The van der Waals surface area contributed by atoms with Crippen molar-refractivity contribution in [1.29, 1.82) is 0 Å². The molecule has 3 heterocycles. The van der Waals surface area contributed by atoms with Crippen LogP contribution in [0.3, 0.4) is 0 Å². The minimum atomic E-state index is 0.000420. The highest BCUT2D eigenvalue weighted by Crippen LogP contribution is 2.28. The fourth-order valence-electron chi connectivity index (χ4n) is 3.37. The number of benzene rings is 1. The summed E-state index contributed by atoms with van der Waals surface area (Å²) in [6.45, 7) is 6.08. The highest BCUT2D eigenvalue weighted by Gasteiger charge is 2.35. The number of piperidine rings is 3. The lowest BCUT2D eigenvalue weighted by Gasteiger charge is -2.44. The van der Waals surface area contributed by atoms with Gasteiger partial charge in [0.25, 0.3) is 5.91 Å². The molecule has 4 nitrogen and oxygen atoms in total. The molecule has 114 valence electrons. The predicted octanol–water partition coefficient (Wildman–Crippen LogP) is 2.30. The van der Waals surface area contributed by atoms with E-state index in [0.717, 1.165) is 13.0 Å². The van der Waals surface area contributed by atoms with Gasteiger partial charge in [-0.1, -0.05) is 19.1 Å². The van der Waals surface area contributed by atoms with Crippen molar-refractivity contribution in [1.82, 2.24) is 10.2 Å². The zero-order valence-electron chi connectivity index (χ0n) is 12.7.